The van der Waals surface area contributed by atoms with Gasteiger partial charge >= 0.3 is 0 Å². The minimum Gasteiger partial charge on any atom is -0.294 e. The van der Waals surface area contributed by atoms with Crippen LogP contribution in [0.5, 0.6) is 0 Å². The van der Waals surface area contributed by atoms with Gasteiger partial charge in [0.05, 0.1) is 23.8 Å². The lowest BCUT2D eigenvalue weighted by Gasteiger charge is -2.11. The molecule has 0 saturated carbocycles. The number of halogens is 2. The highest BCUT2D eigenvalue weighted by Gasteiger charge is 2.15. The normalized spacial score (nSPS) is 11.3. The van der Waals surface area contributed by atoms with E-state index in [2.05, 4.69) is 4.98 Å². The molecule has 0 amide bonds. The summed E-state index contributed by atoms with van der Waals surface area (Å²) in [6.07, 6.45) is 1.32. The lowest BCUT2D eigenvalue weighted by molar-refractivity contribution is 0.541. The van der Waals surface area contributed by atoms with Gasteiger partial charge < -0.3 is 0 Å². The van der Waals surface area contributed by atoms with Crippen molar-refractivity contribution < 1.29 is 8.78 Å². The summed E-state index contributed by atoms with van der Waals surface area (Å²) in [4.78, 5) is 16.9. The van der Waals surface area contributed by atoms with Crippen LogP contribution in [0, 0.1) is 11.6 Å². The van der Waals surface area contributed by atoms with Gasteiger partial charge in [-0.05, 0) is 52.2 Å². The summed E-state index contributed by atoms with van der Waals surface area (Å²) in [5, 5.41) is 2.46. The Bertz CT molecular complexity index is 1450. The van der Waals surface area contributed by atoms with Crippen LogP contribution in [0.2, 0.25) is 0 Å². The van der Waals surface area contributed by atoms with Crippen LogP contribution >= 0.6 is 0 Å². The third-order valence-electron chi connectivity index (χ3n) is 5.28. The molecule has 5 heteroatoms. The average molecular weight is 398 g/mol. The van der Waals surface area contributed by atoms with Gasteiger partial charge in [0.1, 0.15) is 11.6 Å². The average Bonchev–Trinajstić information content (AvgIpc) is 2.77. The van der Waals surface area contributed by atoms with Crippen molar-refractivity contribution in [2.75, 3.05) is 0 Å². The molecule has 0 saturated heterocycles. The summed E-state index contributed by atoms with van der Waals surface area (Å²) < 4.78 is 31.0. The van der Waals surface area contributed by atoms with Gasteiger partial charge in [-0.25, -0.2) is 13.8 Å². The number of nitrogens with zero attached hydrogens (tertiary/aromatic N) is 2. The molecular formula is C25H16F2N2O. The first kappa shape index (κ1) is 18.2. The molecule has 1 aromatic heterocycles. The molecule has 0 bridgehead atoms. The Labute approximate surface area is 170 Å². The Morgan fingerprint density at radius 3 is 2.27 bits per heavy atom. The maximum Gasteiger partial charge on any atom is 0.261 e. The minimum absolute atomic E-state index is 0.168. The van der Waals surface area contributed by atoms with Crippen molar-refractivity contribution in [2.45, 2.75) is 6.54 Å². The number of para-hydroxylation sites is 1. The maximum absolute atomic E-state index is 14.9. The summed E-state index contributed by atoms with van der Waals surface area (Å²) in [6, 6.07) is 23.0. The van der Waals surface area contributed by atoms with Crippen LogP contribution < -0.4 is 5.56 Å². The van der Waals surface area contributed by atoms with E-state index in [9.17, 15) is 13.6 Å². The van der Waals surface area contributed by atoms with Gasteiger partial charge in [-0.2, -0.15) is 0 Å². The topological polar surface area (TPSA) is 34.9 Å². The quantitative estimate of drug-likeness (QED) is 0.400. The maximum atomic E-state index is 14.9. The van der Waals surface area contributed by atoms with E-state index in [1.807, 2.05) is 42.5 Å². The van der Waals surface area contributed by atoms with E-state index in [1.165, 1.54) is 23.0 Å². The largest absolute Gasteiger partial charge is 0.294 e. The SMILES string of the molecule is O=c1c2ccccc2ncn1Cc1c(F)cc(-c2ccc3ccccc3c2)cc1F. The number of aromatic nitrogens is 2. The molecule has 0 N–H and O–H groups in total. The second-order valence-electron chi connectivity index (χ2n) is 7.18. The number of benzene rings is 4. The second kappa shape index (κ2) is 7.19. The summed E-state index contributed by atoms with van der Waals surface area (Å²) in [7, 11) is 0. The van der Waals surface area contributed by atoms with Gasteiger partial charge in [0.25, 0.3) is 5.56 Å². The molecular weight excluding hydrogens is 382 g/mol. The van der Waals surface area contributed by atoms with E-state index in [4.69, 9.17) is 0 Å². The van der Waals surface area contributed by atoms with Crippen molar-refractivity contribution in [1.82, 2.24) is 9.55 Å². The van der Waals surface area contributed by atoms with E-state index in [-0.39, 0.29) is 17.7 Å². The second-order valence-corrected chi connectivity index (χ2v) is 7.18. The number of hydrogen-bond acceptors (Lipinski definition) is 2. The van der Waals surface area contributed by atoms with Gasteiger partial charge in [-0.1, -0.05) is 48.5 Å². The van der Waals surface area contributed by atoms with E-state index in [1.54, 1.807) is 24.3 Å². The first-order valence-corrected chi connectivity index (χ1v) is 9.51. The molecule has 5 rings (SSSR count). The summed E-state index contributed by atoms with van der Waals surface area (Å²) in [5.74, 6) is -1.39. The molecule has 0 aliphatic carbocycles. The molecule has 1 heterocycles. The fourth-order valence-corrected chi connectivity index (χ4v) is 3.68. The van der Waals surface area contributed by atoms with Crippen LogP contribution in [-0.4, -0.2) is 9.55 Å². The predicted octanol–water partition coefficient (Wildman–Crippen LogP) is 5.54. The lowest BCUT2D eigenvalue weighted by Crippen LogP contribution is -2.22. The van der Waals surface area contributed by atoms with Crippen molar-refractivity contribution in [2.24, 2.45) is 0 Å². The zero-order valence-corrected chi connectivity index (χ0v) is 15.8. The molecule has 0 unspecified atom stereocenters. The standard InChI is InChI=1S/C25H16F2N2O/c26-22-12-19(18-10-9-16-5-1-2-6-17(16)11-18)13-23(27)21(22)14-29-15-28-24-8-4-3-7-20(24)25(29)30/h1-13,15H,14H2. The third kappa shape index (κ3) is 3.14. The Morgan fingerprint density at radius 1 is 0.767 bits per heavy atom. The third-order valence-corrected chi connectivity index (χ3v) is 5.28. The fraction of sp³-hybridized carbons (Fsp3) is 0.0400. The van der Waals surface area contributed by atoms with Crippen LogP contribution in [0.15, 0.2) is 90.0 Å². The highest BCUT2D eigenvalue weighted by atomic mass is 19.1. The number of rotatable bonds is 3. The number of hydrogen-bond donors (Lipinski definition) is 0. The van der Waals surface area contributed by atoms with E-state index in [0.29, 0.717) is 16.5 Å². The summed E-state index contributed by atoms with van der Waals surface area (Å²) in [5.41, 5.74) is 1.22. The Morgan fingerprint density at radius 2 is 1.47 bits per heavy atom. The first-order valence-electron chi connectivity index (χ1n) is 9.51. The molecule has 146 valence electrons. The Balaban J connectivity index is 1.54. The van der Waals surface area contributed by atoms with Gasteiger partial charge in [0, 0.05) is 5.56 Å². The van der Waals surface area contributed by atoms with Gasteiger partial charge in [0.2, 0.25) is 0 Å². The van der Waals surface area contributed by atoms with Crippen LogP contribution in [0.3, 0.4) is 0 Å². The molecule has 3 nitrogen and oxygen atoms in total. The highest BCUT2D eigenvalue weighted by Crippen LogP contribution is 2.28. The first-order chi connectivity index (χ1) is 14.6. The van der Waals surface area contributed by atoms with E-state index in [0.717, 1.165) is 16.3 Å². The fourth-order valence-electron chi connectivity index (χ4n) is 3.68. The van der Waals surface area contributed by atoms with Crippen LogP contribution in [-0.2, 0) is 6.54 Å². The highest BCUT2D eigenvalue weighted by molar-refractivity contribution is 5.87. The lowest BCUT2D eigenvalue weighted by atomic mass is 9.99. The summed E-state index contributed by atoms with van der Waals surface area (Å²) >= 11 is 0. The molecule has 0 fully saturated rings. The van der Waals surface area contributed by atoms with Crippen molar-refractivity contribution in [3.05, 3.63) is 113 Å². The molecule has 30 heavy (non-hydrogen) atoms. The van der Waals surface area contributed by atoms with Crippen LogP contribution in [0.1, 0.15) is 5.56 Å². The van der Waals surface area contributed by atoms with Crippen molar-refractivity contribution in [3.8, 4) is 11.1 Å². The molecule has 5 aromatic rings. The summed E-state index contributed by atoms with van der Waals surface area (Å²) in [6.45, 7) is -0.230. The predicted molar refractivity (Wildman–Crippen MR) is 114 cm³/mol. The van der Waals surface area contributed by atoms with E-state index < -0.39 is 11.6 Å². The van der Waals surface area contributed by atoms with Crippen LogP contribution in [0.25, 0.3) is 32.8 Å². The van der Waals surface area contributed by atoms with E-state index >= 15 is 0 Å². The zero-order valence-electron chi connectivity index (χ0n) is 15.8. The molecule has 4 aromatic carbocycles. The Kier molecular flexibility index (Phi) is 4.36. The molecule has 0 atom stereocenters. The van der Waals surface area contributed by atoms with Crippen LogP contribution in [0.4, 0.5) is 8.78 Å². The van der Waals surface area contributed by atoms with Gasteiger partial charge in [-0.3, -0.25) is 9.36 Å². The molecule has 0 radical (unpaired) electrons. The smallest absolute Gasteiger partial charge is 0.261 e. The minimum atomic E-state index is -0.696. The number of fused-ring (bicyclic) bond motifs is 2. The molecule has 0 aliphatic heterocycles. The van der Waals surface area contributed by atoms with Gasteiger partial charge in [-0.15, -0.1) is 0 Å². The van der Waals surface area contributed by atoms with Crippen molar-refractivity contribution in [3.63, 3.8) is 0 Å². The monoisotopic (exact) mass is 398 g/mol. The van der Waals surface area contributed by atoms with Gasteiger partial charge in [0.15, 0.2) is 0 Å². The molecule has 0 aliphatic rings. The molecule has 0 spiro atoms. The Hall–Kier alpha value is -3.86. The van der Waals surface area contributed by atoms with Crippen molar-refractivity contribution in [1.29, 1.82) is 0 Å². The zero-order chi connectivity index (χ0) is 20.7. The van der Waals surface area contributed by atoms with Crippen molar-refractivity contribution >= 4 is 21.7 Å².